The quantitative estimate of drug-likeness (QED) is 0.552. The van der Waals surface area contributed by atoms with Crippen LogP contribution in [0.2, 0.25) is 0 Å². The largest absolute Gasteiger partial charge is 0.393 e. The first-order valence-electron chi connectivity index (χ1n) is 5.03. The molecule has 1 atom stereocenters. The van der Waals surface area contributed by atoms with Gasteiger partial charge in [-0.3, -0.25) is 15.0 Å². The second-order valence-electron chi connectivity index (χ2n) is 3.80. The lowest BCUT2D eigenvalue weighted by Crippen LogP contribution is -2.51. The highest BCUT2D eigenvalue weighted by atomic mass is 16.3. The minimum atomic E-state index is -0.830. The van der Waals surface area contributed by atoms with Gasteiger partial charge in [-0.05, 0) is 19.8 Å². The first kappa shape index (κ1) is 11.9. The summed E-state index contributed by atoms with van der Waals surface area (Å²) in [6.07, 6.45) is 1.05. The molecule has 0 spiro atoms. The summed E-state index contributed by atoms with van der Waals surface area (Å²) < 4.78 is 0. The molecule has 1 heterocycles. The number of piperidine rings is 1. The van der Waals surface area contributed by atoms with E-state index in [2.05, 4.69) is 0 Å². The van der Waals surface area contributed by atoms with E-state index in [0.717, 1.165) is 0 Å². The molecule has 1 unspecified atom stereocenters. The Balaban J connectivity index is 2.42. The zero-order chi connectivity index (χ0) is 11.4. The van der Waals surface area contributed by atoms with Gasteiger partial charge in [0.15, 0.2) is 0 Å². The van der Waals surface area contributed by atoms with E-state index >= 15 is 0 Å². The van der Waals surface area contributed by atoms with Gasteiger partial charge >= 0.3 is 6.03 Å². The lowest BCUT2D eigenvalue weighted by molar-refractivity contribution is -0.125. The number of hydrogen-bond donors (Lipinski definition) is 3. The van der Waals surface area contributed by atoms with E-state index in [4.69, 9.17) is 5.73 Å². The molecule has 3 amide bonds. The van der Waals surface area contributed by atoms with Crippen LogP contribution in [0.3, 0.4) is 0 Å². The molecule has 0 radical (unpaired) electrons. The fourth-order valence-corrected chi connectivity index (χ4v) is 1.66. The van der Waals surface area contributed by atoms with Gasteiger partial charge in [0.05, 0.1) is 12.1 Å². The van der Waals surface area contributed by atoms with E-state index in [1.165, 1.54) is 0 Å². The molecule has 1 aliphatic heterocycles. The van der Waals surface area contributed by atoms with Gasteiger partial charge in [0.1, 0.15) is 0 Å². The summed E-state index contributed by atoms with van der Waals surface area (Å²) in [6.45, 7) is 3.04. The number of hydrogen-bond acceptors (Lipinski definition) is 4. The SMILES string of the molecule is CC(C(=O)NC(N)=O)N1CCC(O)CC1. The van der Waals surface area contributed by atoms with Gasteiger partial charge in [-0.15, -0.1) is 0 Å². The van der Waals surface area contributed by atoms with Gasteiger partial charge in [0.2, 0.25) is 5.91 Å². The Hall–Kier alpha value is -1.14. The van der Waals surface area contributed by atoms with E-state index in [-0.39, 0.29) is 18.1 Å². The van der Waals surface area contributed by atoms with E-state index in [1.54, 1.807) is 6.92 Å². The van der Waals surface area contributed by atoms with Gasteiger partial charge < -0.3 is 10.8 Å². The summed E-state index contributed by atoms with van der Waals surface area (Å²) in [7, 11) is 0. The van der Waals surface area contributed by atoms with Crippen LogP contribution in [0.25, 0.3) is 0 Å². The van der Waals surface area contributed by atoms with Crippen molar-refractivity contribution in [2.75, 3.05) is 13.1 Å². The standard InChI is InChI=1S/C9H17N3O3/c1-6(8(14)11-9(10)15)12-4-2-7(13)3-5-12/h6-7,13H,2-5H2,1H3,(H3,10,11,14,15). The van der Waals surface area contributed by atoms with Crippen molar-refractivity contribution in [1.82, 2.24) is 10.2 Å². The maximum absolute atomic E-state index is 11.4. The minimum absolute atomic E-state index is 0.271. The second-order valence-corrected chi connectivity index (χ2v) is 3.80. The number of primary amides is 1. The van der Waals surface area contributed by atoms with Gasteiger partial charge in [-0.1, -0.05) is 0 Å². The van der Waals surface area contributed by atoms with Crippen LogP contribution in [0.1, 0.15) is 19.8 Å². The molecule has 6 heteroatoms. The molecule has 4 N–H and O–H groups in total. The molecule has 1 aliphatic rings. The van der Waals surface area contributed by atoms with Gasteiger partial charge in [-0.2, -0.15) is 0 Å². The van der Waals surface area contributed by atoms with Crippen LogP contribution < -0.4 is 11.1 Å². The highest BCUT2D eigenvalue weighted by Gasteiger charge is 2.26. The van der Waals surface area contributed by atoms with Crippen molar-refractivity contribution in [3.63, 3.8) is 0 Å². The number of imide groups is 1. The molecule has 86 valence electrons. The average molecular weight is 215 g/mol. The molecular weight excluding hydrogens is 198 g/mol. The molecule has 6 nitrogen and oxygen atoms in total. The smallest absolute Gasteiger partial charge is 0.318 e. The number of aliphatic hydroxyl groups is 1. The summed E-state index contributed by atoms with van der Waals surface area (Å²) in [4.78, 5) is 23.8. The minimum Gasteiger partial charge on any atom is -0.393 e. The predicted octanol–water partition coefficient (Wildman–Crippen LogP) is -0.973. The summed E-state index contributed by atoms with van der Waals surface area (Å²) in [6, 6.07) is -1.21. The van der Waals surface area contributed by atoms with Gasteiger partial charge in [-0.25, -0.2) is 4.79 Å². The van der Waals surface area contributed by atoms with Gasteiger partial charge in [0, 0.05) is 13.1 Å². The molecule has 1 fully saturated rings. The Morgan fingerprint density at radius 3 is 2.47 bits per heavy atom. The summed E-state index contributed by atoms with van der Waals surface area (Å²) >= 11 is 0. The van der Waals surface area contributed by atoms with Crippen LogP contribution in [-0.4, -0.2) is 47.2 Å². The maximum Gasteiger partial charge on any atom is 0.318 e. The molecule has 1 rings (SSSR count). The molecular formula is C9H17N3O3. The molecule has 0 saturated carbocycles. The molecule has 0 aromatic rings. The zero-order valence-electron chi connectivity index (χ0n) is 8.77. The molecule has 0 aromatic heterocycles. The van der Waals surface area contributed by atoms with Crippen LogP contribution in [0, 0.1) is 0 Å². The van der Waals surface area contributed by atoms with E-state index in [0.29, 0.717) is 25.9 Å². The number of likely N-dealkylation sites (tertiary alicyclic amines) is 1. The Kier molecular flexibility index (Phi) is 4.05. The fourth-order valence-electron chi connectivity index (χ4n) is 1.66. The Bertz CT molecular complexity index is 249. The zero-order valence-corrected chi connectivity index (χ0v) is 8.77. The van der Waals surface area contributed by atoms with E-state index in [1.807, 2.05) is 10.2 Å². The topological polar surface area (TPSA) is 95.7 Å². The number of urea groups is 1. The van der Waals surface area contributed by atoms with E-state index in [9.17, 15) is 14.7 Å². The number of rotatable bonds is 2. The van der Waals surface area contributed by atoms with Gasteiger partial charge in [0.25, 0.3) is 0 Å². The van der Waals surface area contributed by atoms with Crippen molar-refractivity contribution in [1.29, 1.82) is 0 Å². The number of carbonyl (C=O) groups excluding carboxylic acids is 2. The third-order valence-corrected chi connectivity index (χ3v) is 2.67. The van der Waals surface area contributed by atoms with Crippen molar-refractivity contribution in [3.8, 4) is 0 Å². The Morgan fingerprint density at radius 2 is 2.00 bits per heavy atom. The van der Waals surface area contributed by atoms with Crippen LogP contribution in [0.4, 0.5) is 4.79 Å². The fraction of sp³-hybridized carbons (Fsp3) is 0.778. The number of amides is 3. The van der Waals surface area contributed by atoms with Crippen LogP contribution in [-0.2, 0) is 4.79 Å². The lowest BCUT2D eigenvalue weighted by atomic mass is 10.1. The van der Waals surface area contributed by atoms with Crippen molar-refractivity contribution in [2.24, 2.45) is 5.73 Å². The van der Waals surface area contributed by atoms with Crippen molar-refractivity contribution < 1.29 is 14.7 Å². The summed E-state index contributed by atoms with van der Waals surface area (Å²) in [5, 5.41) is 11.3. The number of nitrogens with zero attached hydrogens (tertiary/aromatic N) is 1. The van der Waals surface area contributed by atoms with Crippen molar-refractivity contribution in [2.45, 2.75) is 31.9 Å². The lowest BCUT2D eigenvalue weighted by Gasteiger charge is -2.33. The molecule has 0 bridgehead atoms. The number of nitrogens with two attached hydrogens (primary N) is 1. The first-order valence-corrected chi connectivity index (χ1v) is 5.03. The monoisotopic (exact) mass is 215 g/mol. The molecule has 1 saturated heterocycles. The number of aliphatic hydroxyl groups excluding tert-OH is 1. The highest BCUT2D eigenvalue weighted by molar-refractivity contribution is 5.96. The van der Waals surface area contributed by atoms with Crippen LogP contribution in [0.5, 0.6) is 0 Å². The first-order chi connectivity index (χ1) is 7.00. The van der Waals surface area contributed by atoms with Crippen LogP contribution >= 0.6 is 0 Å². The third kappa shape index (κ3) is 3.49. The van der Waals surface area contributed by atoms with Crippen molar-refractivity contribution >= 4 is 11.9 Å². The maximum atomic E-state index is 11.4. The Labute approximate surface area is 88.4 Å². The second kappa shape index (κ2) is 5.09. The molecule has 0 aromatic carbocycles. The summed E-state index contributed by atoms with van der Waals surface area (Å²) in [5.74, 6) is -0.390. The van der Waals surface area contributed by atoms with Crippen molar-refractivity contribution in [3.05, 3.63) is 0 Å². The molecule has 15 heavy (non-hydrogen) atoms. The average Bonchev–Trinajstić information content (AvgIpc) is 2.17. The predicted molar refractivity (Wildman–Crippen MR) is 54.0 cm³/mol. The number of nitrogens with one attached hydrogen (secondary N) is 1. The van der Waals surface area contributed by atoms with E-state index < -0.39 is 6.03 Å². The number of carbonyl (C=O) groups is 2. The molecule has 0 aliphatic carbocycles. The van der Waals surface area contributed by atoms with Crippen LogP contribution in [0.15, 0.2) is 0 Å². The Morgan fingerprint density at radius 1 is 1.47 bits per heavy atom. The third-order valence-electron chi connectivity index (χ3n) is 2.67. The summed E-state index contributed by atoms with van der Waals surface area (Å²) in [5.41, 5.74) is 4.85. The normalized spacial score (nSPS) is 20.9. The highest BCUT2D eigenvalue weighted by Crippen LogP contribution is 2.12.